The van der Waals surface area contributed by atoms with Crippen LogP contribution in [0.25, 0.3) is 0 Å². The third-order valence-electron chi connectivity index (χ3n) is 2.48. The van der Waals surface area contributed by atoms with E-state index in [2.05, 4.69) is 31.2 Å². The van der Waals surface area contributed by atoms with Gasteiger partial charge in [0.1, 0.15) is 0 Å². The van der Waals surface area contributed by atoms with Crippen molar-refractivity contribution in [3.05, 3.63) is 35.9 Å². The molecule has 1 aromatic rings. The van der Waals surface area contributed by atoms with Gasteiger partial charge in [0, 0.05) is 11.5 Å². The zero-order valence-electron chi connectivity index (χ0n) is 6.75. The van der Waals surface area contributed by atoms with Crippen molar-refractivity contribution in [3.8, 4) is 0 Å². The first-order valence-electron chi connectivity index (χ1n) is 4.04. The van der Waals surface area contributed by atoms with E-state index in [1.165, 1.54) is 5.56 Å². The number of hydrogen-bond donors (Lipinski definition) is 1. The van der Waals surface area contributed by atoms with Crippen molar-refractivity contribution < 1.29 is 0 Å². The molecule has 0 saturated heterocycles. The average Bonchev–Trinajstić information content (AvgIpc) is 2.62. The van der Waals surface area contributed by atoms with E-state index >= 15 is 0 Å². The van der Waals surface area contributed by atoms with Gasteiger partial charge in [0.2, 0.25) is 0 Å². The molecule has 0 aliphatic heterocycles. The van der Waals surface area contributed by atoms with Crippen LogP contribution in [0.15, 0.2) is 30.3 Å². The van der Waals surface area contributed by atoms with Gasteiger partial charge in [0.05, 0.1) is 0 Å². The number of hydrogen-bond acceptors (Lipinski definition) is 1. The van der Waals surface area contributed by atoms with Crippen LogP contribution >= 0.6 is 0 Å². The molecular formula is C10H13N. The lowest BCUT2D eigenvalue weighted by atomic mass is 10.1. The van der Waals surface area contributed by atoms with Gasteiger partial charge in [-0.1, -0.05) is 30.3 Å². The molecule has 2 rings (SSSR count). The topological polar surface area (TPSA) is 26.0 Å². The van der Waals surface area contributed by atoms with E-state index in [4.69, 9.17) is 5.73 Å². The summed E-state index contributed by atoms with van der Waals surface area (Å²) in [6.07, 6.45) is 1.14. The smallest absolute Gasteiger partial charge is 0.0202 e. The molecule has 2 N–H and O–H groups in total. The minimum atomic E-state index is 0.0708. The summed E-state index contributed by atoms with van der Waals surface area (Å²) in [5, 5.41) is 0. The largest absolute Gasteiger partial charge is 0.325 e. The monoisotopic (exact) mass is 147 g/mol. The van der Waals surface area contributed by atoms with Crippen LogP contribution in [0, 0.1) is 0 Å². The quantitative estimate of drug-likeness (QED) is 0.645. The number of benzene rings is 1. The van der Waals surface area contributed by atoms with Crippen LogP contribution in [0.3, 0.4) is 0 Å². The highest BCUT2D eigenvalue weighted by Gasteiger charge is 2.47. The maximum Gasteiger partial charge on any atom is 0.0202 e. The van der Waals surface area contributed by atoms with Crippen molar-refractivity contribution in [2.45, 2.75) is 24.8 Å². The predicted octanol–water partition coefficient (Wildman–Crippen LogP) is 1.89. The van der Waals surface area contributed by atoms with Crippen LogP contribution in [0.5, 0.6) is 0 Å². The van der Waals surface area contributed by atoms with Crippen LogP contribution in [0.2, 0.25) is 0 Å². The van der Waals surface area contributed by atoms with Crippen LogP contribution in [0.1, 0.15) is 24.8 Å². The molecule has 11 heavy (non-hydrogen) atoms. The lowest BCUT2D eigenvalue weighted by Gasteiger charge is -2.02. The molecule has 0 heterocycles. The Morgan fingerprint density at radius 3 is 2.36 bits per heavy atom. The first kappa shape index (κ1) is 6.86. The fourth-order valence-electron chi connectivity index (χ4n) is 1.56. The van der Waals surface area contributed by atoms with Crippen molar-refractivity contribution in [1.82, 2.24) is 0 Å². The summed E-state index contributed by atoms with van der Waals surface area (Å²) in [5.41, 5.74) is 7.40. The Bertz CT molecular complexity index is 251. The summed E-state index contributed by atoms with van der Waals surface area (Å²) in [4.78, 5) is 0. The fourth-order valence-corrected chi connectivity index (χ4v) is 1.56. The molecule has 1 nitrogen and oxygen atoms in total. The minimum Gasteiger partial charge on any atom is -0.325 e. The van der Waals surface area contributed by atoms with E-state index in [9.17, 15) is 0 Å². The van der Waals surface area contributed by atoms with Gasteiger partial charge in [-0.15, -0.1) is 0 Å². The first-order chi connectivity index (χ1) is 5.20. The van der Waals surface area contributed by atoms with E-state index in [0.717, 1.165) is 6.42 Å². The summed E-state index contributed by atoms with van der Waals surface area (Å²) in [7, 11) is 0. The normalized spacial score (nSPS) is 35.3. The maximum absolute atomic E-state index is 5.94. The van der Waals surface area contributed by atoms with Crippen molar-refractivity contribution >= 4 is 0 Å². The van der Waals surface area contributed by atoms with E-state index in [-0.39, 0.29) is 5.54 Å². The maximum atomic E-state index is 5.94. The lowest BCUT2D eigenvalue weighted by molar-refractivity contribution is 0.728. The van der Waals surface area contributed by atoms with Gasteiger partial charge >= 0.3 is 0 Å². The second kappa shape index (κ2) is 2.08. The summed E-state index contributed by atoms with van der Waals surface area (Å²) >= 11 is 0. The molecule has 1 fully saturated rings. The third kappa shape index (κ3) is 1.16. The Hall–Kier alpha value is -0.820. The molecule has 0 radical (unpaired) electrons. The van der Waals surface area contributed by atoms with E-state index in [1.54, 1.807) is 0 Å². The Kier molecular flexibility index (Phi) is 1.30. The Labute approximate surface area is 67.2 Å². The van der Waals surface area contributed by atoms with Crippen molar-refractivity contribution in [2.24, 2.45) is 5.73 Å². The molecule has 0 aromatic heterocycles. The zero-order chi connectivity index (χ0) is 7.90. The van der Waals surface area contributed by atoms with Gasteiger partial charge in [-0.2, -0.15) is 0 Å². The van der Waals surface area contributed by atoms with Gasteiger partial charge in [0.25, 0.3) is 0 Å². The minimum absolute atomic E-state index is 0.0708. The third-order valence-corrected chi connectivity index (χ3v) is 2.48. The molecule has 1 heteroatoms. The van der Waals surface area contributed by atoms with Crippen molar-refractivity contribution in [3.63, 3.8) is 0 Å². The Balaban J connectivity index is 2.21. The molecule has 0 bridgehead atoms. The molecule has 58 valence electrons. The Morgan fingerprint density at radius 1 is 1.36 bits per heavy atom. The van der Waals surface area contributed by atoms with Gasteiger partial charge < -0.3 is 5.73 Å². The summed E-state index contributed by atoms with van der Waals surface area (Å²) in [5.74, 6) is 0.601. The highest BCUT2D eigenvalue weighted by Crippen LogP contribution is 2.48. The highest BCUT2D eigenvalue weighted by atomic mass is 14.8. The molecule has 1 aliphatic rings. The second-order valence-electron chi connectivity index (χ2n) is 3.67. The number of nitrogens with two attached hydrogens (primary N) is 1. The molecule has 1 aromatic carbocycles. The highest BCUT2D eigenvalue weighted by molar-refractivity contribution is 5.31. The predicted molar refractivity (Wildman–Crippen MR) is 46.4 cm³/mol. The summed E-state index contributed by atoms with van der Waals surface area (Å²) in [6, 6.07) is 10.5. The van der Waals surface area contributed by atoms with Crippen molar-refractivity contribution in [1.29, 1.82) is 0 Å². The van der Waals surface area contributed by atoms with Crippen LogP contribution in [-0.4, -0.2) is 5.54 Å². The standard InChI is InChI=1S/C10H13N/c1-10(11)7-9(10)8-5-3-2-4-6-8/h2-6,9H,7,11H2,1H3/t9-,10?/m0/s1. The first-order valence-corrected chi connectivity index (χ1v) is 4.04. The van der Waals surface area contributed by atoms with E-state index in [1.807, 2.05) is 6.07 Å². The lowest BCUT2D eigenvalue weighted by Crippen LogP contribution is -2.18. The van der Waals surface area contributed by atoms with E-state index < -0.39 is 0 Å². The van der Waals surface area contributed by atoms with E-state index in [0.29, 0.717) is 5.92 Å². The van der Waals surface area contributed by atoms with Crippen LogP contribution in [-0.2, 0) is 0 Å². The van der Waals surface area contributed by atoms with Gasteiger partial charge in [-0.05, 0) is 18.9 Å². The molecule has 1 aliphatic carbocycles. The number of rotatable bonds is 1. The summed E-state index contributed by atoms with van der Waals surface area (Å²) < 4.78 is 0. The fraction of sp³-hybridized carbons (Fsp3) is 0.400. The molecular weight excluding hydrogens is 134 g/mol. The SMILES string of the molecule is CC1(N)C[C@H]1c1ccccc1. The van der Waals surface area contributed by atoms with Crippen molar-refractivity contribution in [2.75, 3.05) is 0 Å². The van der Waals surface area contributed by atoms with Gasteiger partial charge in [-0.3, -0.25) is 0 Å². The average molecular weight is 147 g/mol. The summed E-state index contributed by atoms with van der Waals surface area (Å²) in [6.45, 7) is 2.12. The molecule has 0 amide bonds. The Morgan fingerprint density at radius 2 is 1.91 bits per heavy atom. The molecule has 1 saturated carbocycles. The van der Waals surface area contributed by atoms with Crippen LogP contribution in [0.4, 0.5) is 0 Å². The van der Waals surface area contributed by atoms with Crippen LogP contribution < -0.4 is 5.73 Å². The second-order valence-corrected chi connectivity index (χ2v) is 3.67. The zero-order valence-corrected chi connectivity index (χ0v) is 6.75. The molecule has 1 unspecified atom stereocenters. The van der Waals surface area contributed by atoms with Gasteiger partial charge in [0.15, 0.2) is 0 Å². The van der Waals surface area contributed by atoms with Gasteiger partial charge in [-0.25, -0.2) is 0 Å². The molecule has 2 atom stereocenters. The molecule has 0 spiro atoms.